The lowest BCUT2D eigenvalue weighted by molar-refractivity contribution is 0.262. The second-order valence-corrected chi connectivity index (χ2v) is 8.57. The van der Waals surface area contributed by atoms with E-state index in [1.54, 1.807) is 18.2 Å². The minimum atomic E-state index is -0.451. The highest BCUT2D eigenvalue weighted by Crippen LogP contribution is 2.36. The molecule has 0 aliphatic heterocycles. The number of phenolic OH excluding ortho intramolecular Hbond substituents is 1. The number of amides is 2. The number of hydrogen-bond acceptors (Lipinski definition) is 4. The molecule has 3 aromatic carbocycles. The summed E-state index contributed by atoms with van der Waals surface area (Å²) in [4.78, 5) is 14.0. The number of anilines is 2. The molecule has 0 aliphatic carbocycles. The molecule has 0 aliphatic rings. The number of fused-ring (bicyclic) bond motifs is 1. The molecule has 2 amide bonds. The number of aromatic hydroxyl groups is 1. The molecule has 0 unspecified atom stereocenters. The summed E-state index contributed by atoms with van der Waals surface area (Å²) in [7, 11) is 0. The Balaban J connectivity index is 1.75. The van der Waals surface area contributed by atoms with Crippen LogP contribution in [0.5, 0.6) is 5.75 Å². The molecule has 0 saturated heterocycles. The average molecular weight is 415 g/mol. The van der Waals surface area contributed by atoms with Crippen LogP contribution < -0.4 is 10.6 Å². The number of para-hydroxylation sites is 1. The van der Waals surface area contributed by atoms with Crippen molar-refractivity contribution in [2.24, 2.45) is 0 Å². The molecular formula is C24H25N5O2. The van der Waals surface area contributed by atoms with Crippen molar-refractivity contribution in [2.45, 2.75) is 33.1 Å². The summed E-state index contributed by atoms with van der Waals surface area (Å²) in [6.07, 6.45) is 0. The van der Waals surface area contributed by atoms with Gasteiger partial charge in [-0.3, -0.25) is 0 Å². The second kappa shape index (κ2) is 7.75. The van der Waals surface area contributed by atoms with Gasteiger partial charge in [-0.05, 0) is 59.9 Å². The normalized spacial score (nSPS) is 11.5. The van der Waals surface area contributed by atoms with Crippen LogP contribution in [-0.2, 0) is 5.41 Å². The van der Waals surface area contributed by atoms with Crippen molar-refractivity contribution in [3.8, 4) is 11.4 Å². The van der Waals surface area contributed by atoms with E-state index in [4.69, 9.17) is 0 Å². The number of aryl methyl sites for hydroxylation is 1. The highest BCUT2D eigenvalue weighted by atomic mass is 16.3. The molecule has 0 radical (unpaired) electrons. The lowest BCUT2D eigenvalue weighted by atomic mass is 9.86. The highest BCUT2D eigenvalue weighted by Gasteiger charge is 2.22. The van der Waals surface area contributed by atoms with E-state index in [0.29, 0.717) is 11.4 Å². The van der Waals surface area contributed by atoms with Gasteiger partial charge in [-0.1, -0.05) is 45.0 Å². The number of hydrogen-bond donors (Lipinski definition) is 3. The molecule has 3 N–H and O–H groups in total. The van der Waals surface area contributed by atoms with Crippen molar-refractivity contribution >= 4 is 28.4 Å². The number of nitrogens with one attached hydrogen (secondary N) is 2. The largest absolute Gasteiger partial charge is 0.504 e. The molecule has 0 saturated carbocycles. The lowest BCUT2D eigenvalue weighted by Crippen LogP contribution is -2.21. The molecule has 31 heavy (non-hydrogen) atoms. The Morgan fingerprint density at radius 3 is 2.35 bits per heavy atom. The predicted octanol–water partition coefficient (Wildman–Crippen LogP) is 5.38. The summed E-state index contributed by atoms with van der Waals surface area (Å²) < 4.78 is 0. The van der Waals surface area contributed by atoms with Crippen LogP contribution in [0, 0.1) is 6.92 Å². The van der Waals surface area contributed by atoms with Gasteiger partial charge in [0.2, 0.25) is 0 Å². The van der Waals surface area contributed by atoms with E-state index < -0.39 is 6.03 Å². The van der Waals surface area contributed by atoms with Crippen LogP contribution in [0.3, 0.4) is 0 Å². The van der Waals surface area contributed by atoms with Crippen LogP contribution in [0.2, 0.25) is 0 Å². The van der Waals surface area contributed by atoms with Crippen LogP contribution >= 0.6 is 0 Å². The van der Waals surface area contributed by atoms with Crippen molar-refractivity contribution in [3.63, 3.8) is 0 Å². The summed E-state index contributed by atoms with van der Waals surface area (Å²) in [6.45, 7) is 8.18. The summed E-state index contributed by atoms with van der Waals surface area (Å²) in [5.41, 5.74) is 4.57. The average Bonchev–Trinajstić information content (AvgIpc) is 3.12. The third-order valence-corrected chi connectivity index (χ3v) is 4.99. The number of urea groups is 1. The summed E-state index contributed by atoms with van der Waals surface area (Å²) in [6, 6.07) is 18.1. The minimum absolute atomic E-state index is 0.103. The monoisotopic (exact) mass is 415 g/mol. The Morgan fingerprint density at radius 2 is 1.65 bits per heavy atom. The maximum atomic E-state index is 12.5. The van der Waals surface area contributed by atoms with Gasteiger partial charge in [-0.15, -0.1) is 15.0 Å². The molecule has 0 bridgehead atoms. The zero-order valence-electron chi connectivity index (χ0n) is 18.0. The quantitative estimate of drug-likeness (QED) is 0.392. The molecule has 7 nitrogen and oxygen atoms in total. The zero-order valence-corrected chi connectivity index (χ0v) is 18.0. The maximum absolute atomic E-state index is 12.5. The van der Waals surface area contributed by atoms with Gasteiger partial charge in [-0.25, -0.2) is 4.79 Å². The van der Waals surface area contributed by atoms with Crippen LogP contribution in [-0.4, -0.2) is 26.1 Å². The van der Waals surface area contributed by atoms with Crippen molar-refractivity contribution in [1.82, 2.24) is 15.0 Å². The van der Waals surface area contributed by atoms with Crippen LogP contribution in [0.25, 0.3) is 16.7 Å². The Bertz CT molecular complexity index is 1260. The minimum Gasteiger partial charge on any atom is -0.504 e. The number of benzene rings is 3. The van der Waals surface area contributed by atoms with E-state index in [0.717, 1.165) is 22.2 Å². The van der Waals surface area contributed by atoms with Crippen molar-refractivity contribution in [2.75, 3.05) is 10.6 Å². The van der Waals surface area contributed by atoms with Crippen molar-refractivity contribution < 1.29 is 9.90 Å². The topological polar surface area (TPSA) is 92.1 Å². The Hall–Kier alpha value is -3.87. The standard InChI is InChI=1S/C24H25N5O2/c1-15-10-11-18-19(12-15)28-29(27-18)21-14-16(24(2,3)4)13-20(22(21)30)26-23(31)25-17-8-6-5-7-9-17/h5-14,30H,1-4H3,(H2,25,26,31). The summed E-state index contributed by atoms with van der Waals surface area (Å²) in [5.74, 6) is -0.103. The van der Waals surface area contributed by atoms with Gasteiger partial charge in [0, 0.05) is 5.69 Å². The van der Waals surface area contributed by atoms with E-state index in [1.165, 1.54) is 4.80 Å². The molecule has 4 aromatic rings. The van der Waals surface area contributed by atoms with Gasteiger partial charge >= 0.3 is 6.03 Å². The van der Waals surface area contributed by atoms with Gasteiger partial charge in [0.05, 0.1) is 5.69 Å². The smallest absolute Gasteiger partial charge is 0.323 e. The van der Waals surface area contributed by atoms with Gasteiger partial charge in [0.25, 0.3) is 0 Å². The van der Waals surface area contributed by atoms with Crippen LogP contribution in [0.15, 0.2) is 60.7 Å². The van der Waals surface area contributed by atoms with E-state index in [1.807, 2.05) is 49.4 Å². The number of carbonyl (C=O) groups excluding carboxylic acids is 1. The fourth-order valence-electron chi connectivity index (χ4n) is 3.24. The van der Waals surface area contributed by atoms with Crippen LogP contribution in [0.1, 0.15) is 31.9 Å². The number of carbonyl (C=O) groups is 1. The van der Waals surface area contributed by atoms with Crippen molar-refractivity contribution in [1.29, 1.82) is 0 Å². The molecule has 1 heterocycles. The third kappa shape index (κ3) is 4.35. The number of nitrogens with zero attached hydrogens (tertiary/aromatic N) is 3. The molecule has 0 fully saturated rings. The first-order chi connectivity index (χ1) is 14.7. The lowest BCUT2D eigenvalue weighted by Gasteiger charge is -2.22. The first-order valence-electron chi connectivity index (χ1n) is 10.1. The summed E-state index contributed by atoms with van der Waals surface area (Å²) in [5, 5.41) is 25.5. The zero-order chi connectivity index (χ0) is 22.2. The molecule has 4 rings (SSSR count). The van der Waals surface area contributed by atoms with E-state index in [9.17, 15) is 9.90 Å². The fraction of sp³-hybridized carbons (Fsp3) is 0.208. The molecule has 0 atom stereocenters. The molecule has 0 spiro atoms. The SMILES string of the molecule is Cc1ccc2nn(-c3cc(C(C)(C)C)cc(NC(=O)Nc4ccccc4)c3O)nc2c1. The van der Waals surface area contributed by atoms with Gasteiger partial charge in [0.15, 0.2) is 5.75 Å². The van der Waals surface area contributed by atoms with Crippen molar-refractivity contribution in [3.05, 3.63) is 71.8 Å². The first-order valence-corrected chi connectivity index (χ1v) is 10.1. The van der Waals surface area contributed by atoms with Gasteiger partial charge < -0.3 is 15.7 Å². The van der Waals surface area contributed by atoms with E-state index >= 15 is 0 Å². The third-order valence-electron chi connectivity index (χ3n) is 4.99. The summed E-state index contributed by atoms with van der Waals surface area (Å²) >= 11 is 0. The number of rotatable bonds is 3. The Kier molecular flexibility index (Phi) is 5.10. The Morgan fingerprint density at radius 1 is 0.935 bits per heavy atom. The van der Waals surface area contributed by atoms with Gasteiger partial charge in [-0.2, -0.15) is 0 Å². The van der Waals surface area contributed by atoms with E-state index in [-0.39, 0.29) is 16.9 Å². The van der Waals surface area contributed by atoms with Gasteiger partial charge in [0.1, 0.15) is 16.7 Å². The molecule has 158 valence electrons. The molecule has 1 aromatic heterocycles. The maximum Gasteiger partial charge on any atom is 0.323 e. The predicted molar refractivity (Wildman–Crippen MR) is 123 cm³/mol. The first kappa shape index (κ1) is 20.4. The molecular weight excluding hydrogens is 390 g/mol. The Labute approximate surface area is 180 Å². The van der Waals surface area contributed by atoms with E-state index in [2.05, 4.69) is 41.6 Å². The number of aromatic nitrogens is 3. The highest BCUT2D eigenvalue weighted by molar-refractivity contribution is 6.01. The second-order valence-electron chi connectivity index (χ2n) is 8.57. The van der Waals surface area contributed by atoms with Crippen LogP contribution in [0.4, 0.5) is 16.2 Å². The molecule has 7 heteroatoms. The number of phenols is 1. The fourth-order valence-corrected chi connectivity index (χ4v) is 3.24.